The fourth-order valence-electron chi connectivity index (χ4n) is 3.22. The van der Waals surface area contributed by atoms with Crippen molar-refractivity contribution in [1.29, 1.82) is 0 Å². The fraction of sp³-hybridized carbons (Fsp3) is 0.600. The quantitative estimate of drug-likeness (QED) is 0.851. The van der Waals surface area contributed by atoms with E-state index in [4.69, 9.17) is 0 Å². The summed E-state index contributed by atoms with van der Waals surface area (Å²) in [6, 6.07) is 5.82. The van der Waals surface area contributed by atoms with Crippen LogP contribution in [-0.4, -0.2) is 62.9 Å². The van der Waals surface area contributed by atoms with Gasteiger partial charge >= 0.3 is 0 Å². The molecule has 2 fully saturated rings. The van der Waals surface area contributed by atoms with Gasteiger partial charge in [-0.3, -0.25) is 4.90 Å². The van der Waals surface area contributed by atoms with Gasteiger partial charge in [0, 0.05) is 49.8 Å². The molecule has 0 aromatic heterocycles. The molecule has 1 N–H and O–H groups in total. The predicted octanol–water partition coefficient (Wildman–Crippen LogP) is 1.43. The molecule has 1 atom stereocenters. The summed E-state index contributed by atoms with van der Waals surface area (Å²) in [5, 5.41) is 3.34. The molecule has 0 aliphatic carbocycles. The fourth-order valence-corrected chi connectivity index (χ4v) is 5.72. The Kier molecular flexibility index (Phi) is 4.89. The smallest absolute Gasteiger partial charge is 0.244 e. The molecule has 5 nitrogen and oxygen atoms in total. The van der Waals surface area contributed by atoms with Gasteiger partial charge in [0.2, 0.25) is 10.0 Å². The third-order valence-corrected chi connectivity index (χ3v) is 7.36. The minimum absolute atomic E-state index is 0.348. The van der Waals surface area contributed by atoms with Crippen molar-refractivity contribution in [2.75, 3.05) is 39.3 Å². The summed E-state index contributed by atoms with van der Waals surface area (Å²) in [7, 11) is -3.42. The monoisotopic (exact) mass is 387 g/mol. The molecule has 2 saturated heterocycles. The summed E-state index contributed by atoms with van der Waals surface area (Å²) >= 11 is 3.38. The first kappa shape index (κ1) is 16.4. The van der Waals surface area contributed by atoms with Crippen molar-refractivity contribution in [2.24, 2.45) is 0 Å². The SMILES string of the molecule is Cc1ccc(Br)c(S(=O)(=O)N2CCC(N3CCNCC3)C2)c1. The number of rotatable bonds is 3. The van der Waals surface area contributed by atoms with E-state index in [-0.39, 0.29) is 0 Å². The molecular formula is C15H22BrN3O2S. The van der Waals surface area contributed by atoms with Crippen LogP contribution in [0.5, 0.6) is 0 Å². The average molecular weight is 388 g/mol. The molecule has 0 amide bonds. The number of sulfonamides is 1. The highest BCUT2D eigenvalue weighted by molar-refractivity contribution is 9.10. The summed E-state index contributed by atoms with van der Waals surface area (Å²) < 4.78 is 28.1. The van der Waals surface area contributed by atoms with Crippen LogP contribution in [0, 0.1) is 6.92 Å². The van der Waals surface area contributed by atoms with E-state index in [2.05, 4.69) is 26.1 Å². The van der Waals surface area contributed by atoms with E-state index in [1.165, 1.54) is 0 Å². The maximum absolute atomic E-state index is 12.9. The highest BCUT2D eigenvalue weighted by Gasteiger charge is 2.36. The Hall–Kier alpha value is -0.470. The number of aryl methyl sites for hydroxylation is 1. The van der Waals surface area contributed by atoms with Gasteiger partial charge in [-0.15, -0.1) is 0 Å². The summed E-state index contributed by atoms with van der Waals surface area (Å²) in [6.45, 7) is 7.12. The molecule has 122 valence electrons. The van der Waals surface area contributed by atoms with E-state index in [9.17, 15) is 8.42 Å². The van der Waals surface area contributed by atoms with Crippen LogP contribution in [0.1, 0.15) is 12.0 Å². The Morgan fingerprint density at radius 1 is 1.23 bits per heavy atom. The summed E-state index contributed by atoms with van der Waals surface area (Å²) in [5.74, 6) is 0. The van der Waals surface area contributed by atoms with E-state index in [1.54, 1.807) is 10.4 Å². The van der Waals surface area contributed by atoms with Gasteiger partial charge in [0.15, 0.2) is 0 Å². The molecule has 1 aromatic rings. The van der Waals surface area contributed by atoms with Crippen molar-refractivity contribution in [2.45, 2.75) is 24.3 Å². The Morgan fingerprint density at radius 2 is 1.95 bits per heavy atom. The van der Waals surface area contributed by atoms with Gasteiger partial charge in [0.25, 0.3) is 0 Å². The van der Waals surface area contributed by atoms with Gasteiger partial charge in [0.1, 0.15) is 0 Å². The second-order valence-corrected chi connectivity index (χ2v) is 8.79. The van der Waals surface area contributed by atoms with Crippen molar-refractivity contribution in [3.05, 3.63) is 28.2 Å². The van der Waals surface area contributed by atoms with Crippen LogP contribution >= 0.6 is 15.9 Å². The lowest BCUT2D eigenvalue weighted by Crippen LogP contribution is -2.49. The molecule has 0 bridgehead atoms. The predicted molar refractivity (Wildman–Crippen MR) is 90.5 cm³/mol. The van der Waals surface area contributed by atoms with Crippen LogP contribution in [0.25, 0.3) is 0 Å². The molecular weight excluding hydrogens is 366 g/mol. The lowest BCUT2D eigenvalue weighted by atomic mass is 10.2. The second kappa shape index (κ2) is 6.57. The molecule has 1 unspecified atom stereocenters. The van der Waals surface area contributed by atoms with Crippen molar-refractivity contribution in [3.63, 3.8) is 0 Å². The molecule has 0 spiro atoms. The van der Waals surface area contributed by atoms with Gasteiger partial charge in [-0.25, -0.2) is 8.42 Å². The van der Waals surface area contributed by atoms with Crippen molar-refractivity contribution in [1.82, 2.24) is 14.5 Å². The second-order valence-electron chi connectivity index (χ2n) is 6.03. The number of nitrogens with one attached hydrogen (secondary N) is 1. The van der Waals surface area contributed by atoms with Crippen LogP contribution in [0.3, 0.4) is 0 Å². The Morgan fingerprint density at radius 3 is 2.68 bits per heavy atom. The van der Waals surface area contributed by atoms with Gasteiger partial charge < -0.3 is 5.32 Å². The Labute approximate surface area is 140 Å². The summed E-state index contributed by atoms with van der Waals surface area (Å²) in [5.41, 5.74) is 0.958. The van der Waals surface area contributed by atoms with Crippen LogP contribution in [0.4, 0.5) is 0 Å². The topological polar surface area (TPSA) is 52.7 Å². The normalized spacial score (nSPS) is 24.7. The van der Waals surface area contributed by atoms with Crippen LogP contribution < -0.4 is 5.32 Å². The Balaban J connectivity index is 1.77. The van der Waals surface area contributed by atoms with Crippen molar-refractivity contribution in [3.8, 4) is 0 Å². The average Bonchev–Trinajstić information content (AvgIpc) is 3.01. The molecule has 2 heterocycles. The van der Waals surface area contributed by atoms with E-state index in [0.29, 0.717) is 28.5 Å². The lowest BCUT2D eigenvalue weighted by molar-refractivity contribution is 0.179. The molecule has 1 aromatic carbocycles. The largest absolute Gasteiger partial charge is 0.314 e. The lowest BCUT2D eigenvalue weighted by Gasteiger charge is -2.32. The summed E-state index contributed by atoms with van der Waals surface area (Å²) in [4.78, 5) is 2.80. The van der Waals surface area contributed by atoms with E-state index >= 15 is 0 Å². The number of hydrogen-bond acceptors (Lipinski definition) is 4. The van der Waals surface area contributed by atoms with Crippen molar-refractivity contribution >= 4 is 26.0 Å². The molecule has 2 aliphatic rings. The van der Waals surface area contributed by atoms with E-state index < -0.39 is 10.0 Å². The standard InChI is InChI=1S/C15H22BrN3O2S/c1-12-2-3-14(16)15(10-12)22(20,21)19-7-4-13(11-19)18-8-5-17-6-9-18/h2-3,10,13,17H,4-9,11H2,1H3. The third kappa shape index (κ3) is 3.23. The van der Waals surface area contributed by atoms with E-state index in [1.807, 2.05) is 19.1 Å². The zero-order chi connectivity index (χ0) is 15.7. The number of benzene rings is 1. The van der Waals surface area contributed by atoms with Gasteiger partial charge in [-0.05, 0) is 47.0 Å². The molecule has 0 radical (unpaired) electrons. The molecule has 3 rings (SSSR count). The highest BCUT2D eigenvalue weighted by Crippen LogP contribution is 2.29. The zero-order valence-corrected chi connectivity index (χ0v) is 15.2. The molecule has 2 aliphatic heterocycles. The molecule has 0 saturated carbocycles. The first-order chi connectivity index (χ1) is 10.5. The summed E-state index contributed by atoms with van der Waals surface area (Å²) in [6.07, 6.45) is 0.919. The van der Waals surface area contributed by atoms with Gasteiger partial charge in [-0.2, -0.15) is 4.31 Å². The van der Waals surface area contributed by atoms with Gasteiger partial charge in [0.05, 0.1) is 4.90 Å². The number of piperazine rings is 1. The van der Waals surface area contributed by atoms with Crippen LogP contribution in [-0.2, 0) is 10.0 Å². The van der Waals surface area contributed by atoms with Crippen LogP contribution in [0.15, 0.2) is 27.6 Å². The maximum Gasteiger partial charge on any atom is 0.244 e. The highest BCUT2D eigenvalue weighted by atomic mass is 79.9. The third-order valence-electron chi connectivity index (χ3n) is 4.50. The molecule has 7 heteroatoms. The number of halogens is 1. The van der Waals surface area contributed by atoms with Crippen molar-refractivity contribution < 1.29 is 8.42 Å². The number of nitrogens with zero attached hydrogens (tertiary/aromatic N) is 2. The van der Waals surface area contributed by atoms with E-state index in [0.717, 1.165) is 38.2 Å². The Bertz CT molecular complexity index is 644. The van der Waals surface area contributed by atoms with Crippen LogP contribution in [0.2, 0.25) is 0 Å². The zero-order valence-electron chi connectivity index (χ0n) is 12.8. The first-order valence-corrected chi connectivity index (χ1v) is 9.93. The minimum atomic E-state index is -3.42. The minimum Gasteiger partial charge on any atom is -0.314 e. The first-order valence-electron chi connectivity index (χ1n) is 7.69. The van der Waals surface area contributed by atoms with Gasteiger partial charge in [-0.1, -0.05) is 6.07 Å². The maximum atomic E-state index is 12.9. The molecule has 22 heavy (non-hydrogen) atoms. The number of hydrogen-bond donors (Lipinski definition) is 1.